The second-order valence-electron chi connectivity index (χ2n) is 3.64. The third-order valence-corrected chi connectivity index (χ3v) is 2.24. The van der Waals surface area contributed by atoms with E-state index in [0.29, 0.717) is 19.4 Å². The zero-order chi connectivity index (χ0) is 13.6. The number of nitrogens with one attached hydrogen (secondary N) is 1. The molecule has 1 amide bonds. The van der Waals surface area contributed by atoms with Gasteiger partial charge in [-0.15, -0.1) is 12.3 Å². The summed E-state index contributed by atoms with van der Waals surface area (Å²) < 4.78 is 37.3. The number of terminal acetylenes is 1. The Labute approximate surface area is 103 Å². The average molecular weight is 255 g/mol. The Morgan fingerprint density at radius 1 is 1.39 bits per heavy atom. The largest absolute Gasteiger partial charge is 0.416 e. The molecule has 1 aromatic carbocycles. The van der Waals surface area contributed by atoms with Gasteiger partial charge in [-0.3, -0.25) is 4.79 Å². The predicted octanol–water partition coefficient (Wildman–Crippen LogP) is 2.85. The Balaban J connectivity index is 2.67. The number of carbonyl (C=O) groups is 1. The number of halogens is 3. The molecule has 0 unspecified atom stereocenters. The molecule has 0 fully saturated rings. The Morgan fingerprint density at radius 2 is 2.11 bits per heavy atom. The molecule has 1 aromatic rings. The highest BCUT2D eigenvalue weighted by Gasteiger charge is 2.30. The standard InChI is InChI=1S/C13H12F3NO/c1-2-3-4-8-17-12(18)10-6-5-7-11(9-10)13(14,15)16/h1,5-7,9H,3-4,8H2,(H,17,18). The summed E-state index contributed by atoms with van der Waals surface area (Å²) in [6.07, 6.45) is 1.71. The van der Waals surface area contributed by atoms with E-state index in [1.54, 1.807) is 0 Å². The van der Waals surface area contributed by atoms with Crippen molar-refractivity contribution >= 4 is 5.91 Å². The van der Waals surface area contributed by atoms with Crippen LogP contribution in [0.5, 0.6) is 0 Å². The van der Waals surface area contributed by atoms with Gasteiger partial charge in [0.1, 0.15) is 0 Å². The molecule has 0 spiro atoms. The number of hydrogen-bond acceptors (Lipinski definition) is 1. The van der Waals surface area contributed by atoms with E-state index in [2.05, 4.69) is 11.2 Å². The maximum atomic E-state index is 12.4. The molecule has 0 aliphatic heterocycles. The lowest BCUT2D eigenvalue weighted by molar-refractivity contribution is -0.137. The van der Waals surface area contributed by atoms with Crippen molar-refractivity contribution in [3.05, 3.63) is 35.4 Å². The average Bonchev–Trinajstić information content (AvgIpc) is 2.33. The summed E-state index contributed by atoms with van der Waals surface area (Å²) in [6.45, 7) is 0.347. The second-order valence-corrected chi connectivity index (χ2v) is 3.64. The number of rotatable bonds is 4. The van der Waals surface area contributed by atoms with Crippen LogP contribution in [0.1, 0.15) is 28.8 Å². The van der Waals surface area contributed by atoms with Gasteiger partial charge in [-0.05, 0) is 24.6 Å². The van der Waals surface area contributed by atoms with Crippen LogP contribution in [0.3, 0.4) is 0 Å². The number of unbranched alkanes of at least 4 members (excludes halogenated alkanes) is 1. The van der Waals surface area contributed by atoms with Gasteiger partial charge in [-0.25, -0.2) is 0 Å². The maximum Gasteiger partial charge on any atom is 0.416 e. The van der Waals surface area contributed by atoms with E-state index in [9.17, 15) is 18.0 Å². The summed E-state index contributed by atoms with van der Waals surface area (Å²) in [6, 6.07) is 4.30. The van der Waals surface area contributed by atoms with Gasteiger partial charge in [-0.1, -0.05) is 6.07 Å². The van der Waals surface area contributed by atoms with Crippen LogP contribution >= 0.6 is 0 Å². The predicted molar refractivity (Wildman–Crippen MR) is 61.8 cm³/mol. The van der Waals surface area contributed by atoms with Crippen LogP contribution in [-0.4, -0.2) is 12.5 Å². The minimum absolute atomic E-state index is 0.00877. The Morgan fingerprint density at radius 3 is 2.72 bits per heavy atom. The lowest BCUT2D eigenvalue weighted by atomic mass is 10.1. The number of benzene rings is 1. The van der Waals surface area contributed by atoms with Gasteiger partial charge in [0.15, 0.2) is 0 Å². The van der Waals surface area contributed by atoms with E-state index < -0.39 is 17.6 Å². The first-order chi connectivity index (χ1) is 8.45. The smallest absolute Gasteiger partial charge is 0.352 e. The first-order valence-corrected chi connectivity index (χ1v) is 5.34. The highest BCUT2D eigenvalue weighted by molar-refractivity contribution is 5.94. The van der Waals surface area contributed by atoms with E-state index in [-0.39, 0.29) is 5.56 Å². The van der Waals surface area contributed by atoms with Gasteiger partial charge >= 0.3 is 6.18 Å². The third kappa shape index (κ3) is 4.13. The topological polar surface area (TPSA) is 29.1 Å². The second kappa shape index (κ2) is 6.10. The van der Waals surface area contributed by atoms with Gasteiger partial charge < -0.3 is 5.32 Å². The van der Waals surface area contributed by atoms with Crippen molar-refractivity contribution in [2.24, 2.45) is 0 Å². The molecule has 2 nitrogen and oxygen atoms in total. The molecular formula is C13H12F3NO. The first kappa shape index (κ1) is 14.1. The third-order valence-electron chi connectivity index (χ3n) is 2.24. The summed E-state index contributed by atoms with van der Waals surface area (Å²) >= 11 is 0. The van der Waals surface area contributed by atoms with Crippen molar-refractivity contribution in [2.75, 3.05) is 6.54 Å². The molecule has 1 N–H and O–H groups in total. The molecule has 0 bridgehead atoms. The van der Waals surface area contributed by atoms with Crippen molar-refractivity contribution < 1.29 is 18.0 Å². The van der Waals surface area contributed by atoms with Crippen LogP contribution in [0.4, 0.5) is 13.2 Å². The monoisotopic (exact) mass is 255 g/mol. The molecule has 0 saturated carbocycles. The molecule has 5 heteroatoms. The fourth-order valence-corrected chi connectivity index (χ4v) is 1.33. The molecule has 0 radical (unpaired) electrons. The molecule has 0 aliphatic rings. The van der Waals surface area contributed by atoms with E-state index >= 15 is 0 Å². The van der Waals surface area contributed by atoms with Crippen LogP contribution < -0.4 is 5.32 Å². The summed E-state index contributed by atoms with van der Waals surface area (Å²) in [7, 11) is 0. The molecule has 0 saturated heterocycles. The lowest BCUT2D eigenvalue weighted by Gasteiger charge is -2.08. The van der Waals surface area contributed by atoms with E-state index in [0.717, 1.165) is 12.1 Å². The summed E-state index contributed by atoms with van der Waals surface area (Å²) in [4.78, 5) is 11.6. The van der Waals surface area contributed by atoms with Crippen molar-refractivity contribution in [2.45, 2.75) is 19.0 Å². The Kier molecular flexibility index (Phi) is 4.78. The summed E-state index contributed by atoms with van der Waals surface area (Å²) in [5, 5.41) is 2.51. The highest BCUT2D eigenvalue weighted by Crippen LogP contribution is 2.29. The number of amides is 1. The molecule has 0 heterocycles. The molecule has 1 rings (SSSR count). The summed E-state index contributed by atoms with van der Waals surface area (Å²) in [5.74, 6) is 1.88. The zero-order valence-corrected chi connectivity index (χ0v) is 9.55. The highest BCUT2D eigenvalue weighted by atomic mass is 19.4. The van der Waals surface area contributed by atoms with Crippen molar-refractivity contribution in [3.8, 4) is 12.3 Å². The number of alkyl halides is 3. The summed E-state index contributed by atoms with van der Waals surface area (Å²) in [5.41, 5.74) is -0.843. The molecule has 96 valence electrons. The molecule has 18 heavy (non-hydrogen) atoms. The Hall–Kier alpha value is -1.96. The van der Waals surface area contributed by atoms with Crippen LogP contribution in [0.2, 0.25) is 0 Å². The maximum absolute atomic E-state index is 12.4. The molecule has 0 aromatic heterocycles. The van der Waals surface area contributed by atoms with Gasteiger partial charge in [0, 0.05) is 18.5 Å². The molecular weight excluding hydrogens is 243 g/mol. The van der Waals surface area contributed by atoms with Gasteiger partial charge in [-0.2, -0.15) is 13.2 Å². The van der Waals surface area contributed by atoms with Crippen LogP contribution in [0.25, 0.3) is 0 Å². The van der Waals surface area contributed by atoms with Crippen molar-refractivity contribution in [1.29, 1.82) is 0 Å². The minimum atomic E-state index is -4.44. The normalized spacial score (nSPS) is 10.8. The van der Waals surface area contributed by atoms with Crippen molar-refractivity contribution in [3.63, 3.8) is 0 Å². The number of hydrogen-bond donors (Lipinski definition) is 1. The van der Waals surface area contributed by atoms with Gasteiger partial charge in [0.2, 0.25) is 0 Å². The van der Waals surface area contributed by atoms with E-state index in [1.165, 1.54) is 12.1 Å². The minimum Gasteiger partial charge on any atom is -0.352 e. The van der Waals surface area contributed by atoms with Gasteiger partial charge in [0.05, 0.1) is 5.56 Å². The number of carbonyl (C=O) groups excluding carboxylic acids is 1. The van der Waals surface area contributed by atoms with E-state index in [4.69, 9.17) is 6.42 Å². The fraction of sp³-hybridized carbons (Fsp3) is 0.308. The van der Waals surface area contributed by atoms with Crippen LogP contribution in [0, 0.1) is 12.3 Å². The van der Waals surface area contributed by atoms with E-state index in [1.807, 2.05) is 0 Å². The van der Waals surface area contributed by atoms with Crippen molar-refractivity contribution in [1.82, 2.24) is 5.32 Å². The Bertz CT molecular complexity index is 460. The van der Waals surface area contributed by atoms with Gasteiger partial charge in [0.25, 0.3) is 5.91 Å². The lowest BCUT2D eigenvalue weighted by Crippen LogP contribution is -2.24. The quantitative estimate of drug-likeness (QED) is 0.650. The first-order valence-electron chi connectivity index (χ1n) is 5.34. The SMILES string of the molecule is C#CCCCNC(=O)c1cccc(C(F)(F)F)c1. The molecule has 0 atom stereocenters. The fourth-order valence-electron chi connectivity index (χ4n) is 1.33. The molecule has 0 aliphatic carbocycles. The zero-order valence-electron chi connectivity index (χ0n) is 9.55. The van der Waals surface area contributed by atoms with Crippen LogP contribution in [-0.2, 0) is 6.18 Å². The van der Waals surface area contributed by atoms with Crippen LogP contribution in [0.15, 0.2) is 24.3 Å².